The summed E-state index contributed by atoms with van der Waals surface area (Å²) in [7, 11) is 0. The van der Waals surface area contributed by atoms with Crippen LogP contribution in [0.5, 0.6) is 0 Å². The maximum Gasteiger partial charge on any atom is 0.314 e. The fourth-order valence-corrected chi connectivity index (χ4v) is 3.10. The Hall–Kier alpha value is -2.82. The van der Waals surface area contributed by atoms with Gasteiger partial charge in [0.15, 0.2) is 0 Å². The fourth-order valence-electron chi connectivity index (χ4n) is 3.10. The summed E-state index contributed by atoms with van der Waals surface area (Å²) in [5.41, 5.74) is 3.34. The van der Waals surface area contributed by atoms with Crippen molar-refractivity contribution in [3.8, 4) is 0 Å². The largest absolute Gasteiger partial charge is 0.361 e. The summed E-state index contributed by atoms with van der Waals surface area (Å²) < 4.78 is 0. The van der Waals surface area contributed by atoms with Gasteiger partial charge in [-0.1, -0.05) is 38.1 Å². The number of aromatic nitrogens is 2. The predicted molar refractivity (Wildman–Crippen MR) is 105 cm³/mol. The molecule has 26 heavy (non-hydrogen) atoms. The number of H-pyrrole nitrogens is 1. The first-order valence-electron chi connectivity index (χ1n) is 9.12. The number of nitrogens with one attached hydrogen (secondary N) is 3. The van der Waals surface area contributed by atoms with Gasteiger partial charge in [-0.15, -0.1) is 0 Å². The van der Waals surface area contributed by atoms with E-state index in [9.17, 15) is 4.79 Å². The number of amides is 2. The molecule has 0 bridgehead atoms. The van der Waals surface area contributed by atoms with Gasteiger partial charge in [0.05, 0.1) is 0 Å². The lowest BCUT2D eigenvalue weighted by Crippen LogP contribution is -2.38. The van der Waals surface area contributed by atoms with E-state index in [1.807, 2.05) is 30.6 Å². The maximum absolute atomic E-state index is 12.1. The van der Waals surface area contributed by atoms with Crippen LogP contribution in [0, 0.1) is 5.92 Å². The minimum absolute atomic E-state index is 0.0377. The number of carbonyl (C=O) groups excluding carboxylic acids is 1. The molecule has 0 radical (unpaired) electrons. The molecule has 136 valence electrons. The van der Waals surface area contributed by atoms with E-state index in [2.05, 4.69) is 52.6 Å². The van der Waals surface area contributed by atoms with Gasteiger partial charge in [-0.25, -0.2) is 4.79 Å². The van der Waals surface area contributed by atoms with Crippen molar-refractivity contribution in [1.82, 2.24) is 20.6 Å². The van der Waals surface area contributed by atoms with Crippen molar-refractivity contribution in [2.45, 2.75) is 26.2 Å². The van der Waals surface area contributed by atoms with Crippen molar-refractivity contribution in [3.63, 3.8) is 0 Å². The quantitative estimate of drug-likeness (QED) is 0.602. The minimum Gasteiger partial charge on any atom is -0.361 e. The van der Waals surface area contributed by atoms with Crippen LogP contribution in [0.15, 0.2) is 55.0 Å². The predicted octanol–water partition coefficient (Wildman–Crippen LogP) is 4.04. The molecule has 0 aliphatic rings. The number of rotatable bonds is 7. The average molecular weight is 350 g/mol. The van der Waals surface area contributed by atoms with Crippen LogP contribution in [-0.4, -0.2) is 29.1 Å². The molecule has 0 aliphatic heterocycles. The second kappa shape index (κ2) is 8.52. The molecule has 2 heterocycles. The lowest BCUT2D eigenvalue weighted by Gasteiger charge is -2.18. The topological polar surface area (TPSA) is 69.8 Å². The van der Waals surface area contributed by atoms with Crippen LogP contribution in [0.3, 0.4) is 0 Å². The number of nitrogens with zero attached hydrogens (tertiary/aromatic N) is 1. The summed E-state index contributed by atoms with van der Waals surface area (Å²) in [6.07, 6.45) is 6.63. The molecule has 1 unspecified atom stereocenters. The molecule has 3 rings (SSSR count). The first-order chi connectivity index (χ1) is 12.6. The molecule has 5 nitrogen and oxygen atoms in total. The number of hydrogen-bond acceptors (Lipinski definition) is 2. The number of hydrogen-bond donors (Lipinski definition) is 3. The number of pyridine rings is 1. The third-order valence-electron chi connectivity index (χ3n) is 4.56. The van der Waals surface area contributed by atoms with Gasteiger partial charge in [-0.2, -0.15) is 0 Å². The van der Waals surface area contributed by atoms with Crippen LogP contribution in [0.1, 0.15) is 37.3 Å². The Labute approximate surface area is 154 Å². The Morgan fingerprint density at radius 3 is 2.77 bits per heavy atom. The molecule has 5 heteroatoms. The number of fused-ring (bicyclic) bond motifs is 1. The van der Waals surface area contributed by atoms with Crippen molar-refractivity contribution in [1.29, 1.82) is 0 Å². The molecule has 3 aromatic rings. The van der Waals surface area contributed by atoms with Gasteiger partial charge in [0, 0.05) is 48.5 Å². The van der Waals surface area contributed by atoms with Gasteiger partial charge in [0.25, 0.3) is 0 Å². The number of carbonyl (C=O) groups is 1. The third-order valence-corrected chi connectivity index (χ3v) is 4.56. The molecule has 0 saturated heterocycles. The zero-order valence-electron chi connectivity index (χ0n) is 15.3. The highest BCUT2D eigenvalue weighted by Gasteiger charge is 2.19. The Balaban J connectivity index is 1.76. The highest BCUT2D eigenvalue weighted by Crippen LogP contribution is 2.30. The van der Waals surface area contributed by atoms with Crippen LogP contribution in [0.25, 0.3) is 10.9 Å². The lowest BCUT2D eigenvalue weighted by molar-refractivity contribution is 0.240. The van der Waals surface area contributed by atoms with E-state index >= 15 is 0 Å². The number of benzene rings is 1. The van der Waals surface area contributed by atoms with E-state index in [0.29, 0.717) is 19.0 Å². The molecule has 1 atom stereocenters. The molecule has 0 spiro atoms. The van der Waals surface area contributed by atoms with Gasteiger partial charge in [0.2, 0.25) is 0 Å². The van der Waals surface area contributed by atoms with Crippen molar-refractivity contribution in [2.24, 2.45) is 5.92 Å². The minimum atomic E-state index is -0.126. The molecule has 0 aliphatic carbocycles. The SMILES string of the molecule is CC(C)CCNC(=O)NCC(c1cccnc1)c1c[nH]c2ccccc12. The zero-order chi connectivity index (χ0) is 18.4. The van der Waals surface area contributed by atoms with E-state index in [4.69, 9.17) is 0 Å². The summed E-state index contributed by atoms with van der Waals surface area (Å²) in [6.45, 7) is 5.50. The third kappa shape index (κ3) is 4.42. The molecular formula is C21H26N4O. The van der Waals surface area contributed by atoms with E-state index in [1.54, 1.807) is 6.20 Å². The van der Waals surface area contributed by atoms with Gasteiger partial charge in [-0.05, 0) is 35.6 Å². The highest BCUT2D eigenvalue weighted by molar-refractivity contribution is 5.84. The Morgan fingerprint density at radius 2 is 2.00 bits per heavy atom. The monoisotopic (exact) mass is 350 g/mol. The van der Waals surface area contributed by atoms with Crippen LogP contribution < -0.4 is 10.6 Å². The number of urea groups is 1. The Bertz CT molecular complexity index is 841. The molecular weight excluding hydrogens is 324 g/mol. The van der Waals surface area contributed by atoms with Gasteiger partial charge >= 0.3 is 6.03 Å². The van der Waals surface area contributed by atoms with Gasteiger partial charge < -0.3 is 15.6 Å². The van der Waals surface area contributed by atoms with E-state index in [-0.39, 0.29) is 11.9 Å². The average Bonchev–Trinajstić information content (AvgIpc) is 3.07. The van der Waals surface area contributed by atoms with Crippen LogP contribution in [0.2, 0.25) is 0 Å². The van der Waals surface area contributed by atoms with Crippen molar-refractivity contribution in [2.75, 3.05) is 13.1 Å². The van der Waals surface area contributed by atoms with Crippen molar-refractivity contribution in [3.05, 3.63) is 66.1 Å². The van der Waals surface area contributed by atoms with Crippen molar-refractivity contribution < 1.29 is 4.79 Å². The summed E-state index contributed by atoms with van der Waals surface area (Å²) in [4.78, 5) is 19.7. The van der Waals surface area contributed by atoms with Crippen LogP contribution in [0.4, 0.5) is 4.79 Å². The summed E-state index contributed by atoms with van der Waals surface area (Å²) in [5.74, 6) is 0.611. The Morgan fingerprint density at radius 1 is 1.15 bits per heavy atom. The molecule has 0 fully saturated rings. The molecule has 2 amide bonds. The fraction of sp³-hybridized carbons (Fsp3) is 0.333. The second-order valence-corrected chi connectivity index (χ2v) is 6.95. The summed E-state index contributed by atoms with van der Waals surface area (Å²) in [6, 6.07) is 12.1. The normalized spacial score (nSPS) is 12.3. The zero-order valence-corrected chi connectivity index (χ0v) is 15.3. The van der Waals surface area contributed by atoms with Crippen LogP contribution in [-0.2, 0) is 0 Å². The maximum atomic E-state index is 12.1. The first-order valence-corrected chi connectivity index (χ1v) is 9.12. The standard InChI is InChI=1S/C21H26N4O/c1-15(2)9-11-23-21(26)25-13-18(16-6-5-10-22-12-16)19-14-24-20-8-4-3-7-17(19)20/h3-8,10,12,14-15,18,24H,9,11,13H2,1-2H3,(H2,23,25,26). The van der Waals surface area contributed by atoms with E-state index < -0.39 is 0 Å². The summed E-state index contributed by atoms with van der Waals surface area (Å²) >= 11 is 0. The lowest BCUT2D eigenvalue weighted by atomic mass is 9.92. The molecule has 2 aromatic heterocycles. The highest BCUT2D eigenvalue weighted by atomic mass is 16.2. The molecule has 1 aromatic carbocycles. The Kier molecular flexibility index (Phi) is 5.89. The van der Waals surface area contributed by atoms with E-state index in [0.717, 1.165) is 23.1 Å². The van der Waals surface area contributed by atoms with Crippen molar-refractivity contribution >= 4 is 16.9 Å². The molecule has 0 saturated carbocycles. The number of para-hydroxylation sites is 1. The van der Waals surface area contributed by atoms with E-state index in [1.165, 1.54) is 5.39 Å². The molecule has 3 N–H and O–H groups in total. The first kappa shape index (κ1) is 18.0. The summed E-state index contributed by atoms with van der Waals surface area (Å²) in [5, 5.41) is 7.12. The van der Waals surface area contributed by atoms with Gasteiger partial charge in [0.1, 0.15) is 0 Å². The second-order valence-electron chi connectivity index (χ2n) is 6.95. The van der Waals surface area contributed by atoms with Crippen LogP contribution >= 0.6 is 0 Å². The smallest absolute Gasteiger partial charge is 0.314 e. The number of aromatic amines is 1. The van der Waals surface area contributed by atoms with Gasteiger partial charge in [-0.3, -0.25) is 4.98 Å².